The molecule has 0 aliphatic rings. The van der Waals surface area contributed by atoms with Crippen LogP contribution in [0, 0.1) is 0 Å². The molecule has 5 heteroatoms. The summed E-state index contributed by atoms with van der Waals surface area (Å²) in [6, 6.07) is 34.3. The molecule has 0 aromatic heterocycles. The minimum absolute atomic E-state index is 0.0802. The van der Waals surface area contributed by atoms with Gasteiger partial charge in [-0.05, 0) is 35.4 Å². The molecule has 0 aliphatic carbocycles. The number of esters is 1. The highest BCUT2D eigenvalue weighted by Gasteiger charge is 2.33. The monoisotopic (exact) mass is 439 g/mol. The first-order valence-corrected chi connectivity index (χ1v) is 10.7. The van der Waals surface area contributed by atoms with Crippen molar-refractivity contribution in [3.8, 4) is 11.5 Å². The van der Waals surface area contributed by atoms with E-state index in [1.54, 1.807) is 42.5 Å². The van der Waals surface area contributed by atoms with Crippen LogP contribution in [0.25, 0.3) is 0 Å². The Kier molecular flexibility index (Phi) is 7.36. The van der Waals surface area contributed by atoms with Gasteiger partial charge in [0.1, 0.15) is 11.5 Å². The van der Waals surface area contributed by atoms with Crippen LogP contribution in [-0.4, -0.2) is 17.2 Å². The summed E-state index contributed by atoms with van der Waals surface area (Å²) >= 11 is 0. The highest BCUT2D eigenvalue weighted by Crippen LogP contribution is 2.31. The highest BCUT2D eigenvalue weighted by molar-refractivity contribution is 5.79. The van der Waals surface area contributed by atoms with Gasteiger partial charge in [0.05, 0.1) is 18.3 Å². The number of phenolic OH excluding ortho intramolecular Hbond substituents is 1. The van der Waals surface area contributed by atoms with Gasteiger partial charge in [-0.3, -0.25) is 0 Å². The third-order valence-electron chi connectivity index (χ3n) is 5.14. The largest absolute Gasteiger partial charge is 0.506 e. The molecule has 0 fully saturated rings. The van der Waals surface area contributed by atoms with Gasteiger partial charge < -0.3 is 19.9 Å². The van der Waals surface area contributed by atoms with Crippen molar-refractivity contribution < 1.29 is 19.4 Å². The number of aromatic hydroxyl groups is 1. The lowest BCUT2D eigenvalue weighted by molar-refractivity contribution is -0.149. The van der Waals surface area contributed by atoms with Gasteiger partial charge in [-0.25, -0.2) is 4.79 Å². The molecule has 5 nitrogen and oxygen atoms in total. The third kappa shape index (κ3) is 5.99. The Labute approximate surface area is 193 Å². The lowest BCUT2D eigenvalue weighted by atomic mass is 10.00. The van der Waals surface area contributed by atoms with Crippen molar-refractivity contribution in [2.45, 2.75) is 18.8 Å². The summed E-state index contributed by atoms with van der Waals surface area (Å²) in [4.78, 5) is 13.4. The zero-order chi connectivity index (χ0) is 22.9. The second-order valence-electron chi connectivity index (χ2n) is 7.50. The van der Waals surface area contributed by atoms with Crippen LogP contribution in [0.1, 0.15) is 17.2 Å². The third-order valence-corrected chi connectivity index (χ3v) is 5.14. The number of nitrogens with one attached hydrogen (secondary N) is 1. The van der Waals surface area contributed by atoms with Crippen LogP contribution in [0.5, 0.6) is 11.5 Å². The average molecular weight is 440 g/mol. The van der Waals surface area contributed by atoms with Gasteiger partial charge in [-0.1, -0.05) is 91.0 Å². The summed E-state index contributed by atoms with van der Waals surface area (Å²) in [6.45, 7) is 0.223. The van der Waals surface area contributed by atoms with E-state index in [2.05, 4.69) is 5.32 Å². The zero-order valence-corrected chi connectivity index (χ0v) is 18.0. The van der Waals surface area contributed by atoms with E-state index >= 15 is 0 Å². The summed E-state index contributed by atoms with van der Waals surface area (Å²) in [5, 5.41) is 13.6. The molecule has 2 atom stereocenters. The maximum atomic E-state index is 13.4. The smallest absolute Gasteiger partial charge is 0.343 e. The van der Waals surface area contributed by atoms with E-state index in [0.717, 1.165) is 11.1 Å². The molecule has 0 saturated heterocycles. The van der Waals surface area contributed by atoms with Crippen molar-refractivity contribution in [1.82, 2.24) is 0 Å². The first-order chi connectivity index (χ1) is 16.2. The molecule has 0 bridgehead atoms. The summed E-state index contributed by atoms with van der Waals surface area (Å²) in [6.07, 6.45) is -0.993. The fourth-order valence-corrected chi connectivity index (χ4v) is 3.48. The van der Waals surface area contributed by atoms with Crippen molar-refractivity contribution in [3.05, 3.63) is 126 Å². The second-order valence-corrected chi connectivity index (χ2v) is 7.50. The SMILES string of the molecule is O=C(Oc1ccccc1)[C@@H](OCc1ccccc1)[C@@H](Nc1ccccc1O)c1ccccc1. The van der Waals surface area contributed by atoms with Crippen LogP contribution in [0.15, 0.2) is 115 Å². The Hall–Kier alpha value is -4.09. The van der Waals surface area contributed by atoms with Crippen molar-refractivity contribution in [3.63, 3.8) is 0 Å². The van der Waals surface area contributed by atoms with Crippen LogP contribution in [0.3, 0.4) is 0 Å². The number of hydrogen-bond donors (Lipinski definition) is 2. The molecule has 166 valence electrons. The number of carbonyl (C=O) groups excluding carboxylic acids is 1. The number of rotatable bonds is 9. The normalized spacial score (nSPS) is 12.5. The number of anilines is 1. The summed E-state index contributed by atoms with van der Waals surface area (Å²) in [5.74, 6) is -0.0178. The maximum Gasteiger partial charge on any atom is 0.343 e. The molecule has 4 rings (SSSR count). The summed E-state index contributed by atoms with van der Waals surface area (Å²) in [5.41, 5.74) is 2.25. The summed E-state index contributed by atoms with van der Waals surface area (Å²) < 4.78 is 11.8. The van der Waals surface area contributed by atoms with E-state index in [-0.39, 0.29) is 12.4 Å². The molecule has 0 unspecified atom stereocenters. The fraction of sp³-hybridized carbons (Fsp3) is 0.107. The van der Waals surface area contributed by atoms with Gasteiger partial charge in [0.25, 0.3) is 0 Å². The Morgan fingerprint density at radius 1 is 0.758 bits per heavy atom. The van der Waals surface area contributed by atoms with Crippen LogP contribution >= 0.6 is 0 Å². The Morgan fingerprint density at radius 3 is 2.00 bits per heavy atom. The number of carbonyl (C=O) groups is 1. The average Bonchev–Trinajstić information content (AvgIpc) is 2.86. The summed E-state index contributed by atoms with van der Waals surface area (Å²) in [7, 11) is 0. The lowest BCUT2D eigenvalue weighted by Crippen LogP contribution is -2.38. The first kappa shape index (κ1) is 22.1. The number of ether oxygens (including phenoxy) is 2. The van der Waals surface area contributed by atoms with Crippen molar-refractivity contribution in [1.29, 1.82) is 0 Å². The number of hydrogen-bond acceptors (Lipinski definition) is 5. The van der Waals surface area contributed by atoms with Crippen LogP contribution < -0.4 is 10.1 Å². The molecule has 0 saturated carbocycles. The van der Waals surface area contributed by atoms with Crippen LogP contribution in [-0.2, 0) is 16.1 Å². The minimum Gasteiger partial charge on any atom is -0.506 e. The van der Waals surface area contributed by atoms with E-state index < -0.39 is 18.1 Å². The zero-order valence-electron chi connectivity index (χ0n) is 18.0. The van der Waals surface area contributed by atoms with Crippen molar-refractivity contribution in [2.24, 2.45) is 0 Å². The maximum absolute atomic E-state index is 13.4. The van der Waals surface area contributed by atoms with Gasteiger partial charge in [0.2, 0.25) is 0 Å². The van der Waals surface area contributed by atoms with E-state index in [1.165, 1.54) is 0 Å². The molecular formula is C28H25NO4. The highest BCUT2D eigenvalue weighted by atomic mass is 16.6. The predicted molar refractivity (Wildman–Crippen MR) is 128 cm³/mol. The van der Waals surface area contributed by atoms with Gasteiger partial charge in [-0.15, -0.1) is 0 Å². The molecule has 0 spiro atoms. The molecule has 2 N–H and O–H groups in total. The molecule has 0 radical (unpaired) electrons. The van der Waals surface area contributed by atoms with Crippen LogP contribution in [0.4, 0.5) is 5.69 Å². The van der Waals surface area contributed by atoms with E-state index in [0.29, 0.717) is 11.4 Å². The Balaban J connectivity index is 1.67. The van der Waals surface area contributed by atoms with Crippen molar-refractivity contribution in [2.75, 3.05) is 5.32 Å². The molecule has 0 aliphatic heterocycles. The quantitative estimate of drug-likeness (QED) is 0.198. The van der Waals surface area contributed by atoms with E-state index in [1.807, 2.05) is 72.8 Å². The predicted octanol–water partition coefficient (Wildman–Crippen LogP) is 5.74. The van der Waals surface area contributed by atoms with Gasteiger partial charge >= 0.3 is 5.97 Å². The van der Waals surface area contributed by atoms with E-state index in [4.69, 9.17) is 9.47 Å². The number of para-hydroxylation sites is 3. The fourth-order valence-electron chi connectivity index (χ4n) is 3.48. The molecular weight excluding hydrogens is 414 g/mol. The molecule has 0 heterocycles. The number of phenols is 1. The van der Waals surface area contributed by atoms with Gasteiger partial charge in [0.15, 0.2) is 6.10 Å². The molecule has 4 aromatic carbocycles. The molecule has 33 heavy (non-hydrogen) atoms. The topological polar surface area (TPSA) is 67.8 Å². The minimum atomic E-state index is -0.993. The first-order valence-electron chi connectivity index (χ1n) is 10.7. The second kappa shape index (κ2) is 11.0. The molecule has 0 amide bonds. The van der Waals surface area contributed by atoms with Crippen LogP contribution in [0.2, 0.25) is 0 Å². The number of benzene rings is 4. The standard InChI is InChI=1S/C28H25NO4/c30-25-19-11-10-18-24(25)29-26(22-14-6-2-7-15-22)27(32-20-21-12-4-1-5-13-21)28(31)33-23-16-8-3-9-17-23/h1-19,26-27,29-30H,20H2/t26-,27-/m0/s1. The van der Waals surface area contributed by atoms with E-state index in [9.17, 15) is 9.90 Å². The van der Waals surface area contributed by atoms with Gasteiger partial charge in [0, 0.05) is 0 Å². The Bertz CT molecular complexity index is 1150. The van der Waals surface area contributed by atoms with Gasteiger partial charge in [-0.2, -0.15) is 0 Å². The lowest BCUT2D eigenvalue weighted by Gasteiger charge is -2.28. The van der Waals surface area contributed by atoms with Crippen molar-refractivity contribution >= 4 is 11.7 Å². The Morgan fingerprint density at radius 2 is 1.33 bits per heavy atom. The molecule has 4 aromatic rings.